The van der Waals surface area contributed by atoms with E-state index in [-0.39, 0.29) is 37.7 Å². The van der Waals surface area contributed by atoms with E-state index < -0.39 is 0 Å². The van der Waals surface area contributed by atoms with Gasteiger partial charge in [-0.05, 0) is 13.3 Å². The van der Waals surface area contributed by atoms with Gasteiger partial charge in [0, 0.05) is 20.0 Å². The zero-order valence-corrected chi connectivity index (χ0v) is 14.9. The molecule has 0 bridgehead atoms. The van der Waals surface area contributed by atoms with Crippen molar-refractivity contribution in [3.05, 3.63) is 6.33 Å². The molecular formula is C17H27N5O4. The van der Waals surface area contributed by atoms with Gasteiger partial charge >= 0.3 is 0 Å². The summed E-state index contributed by atoms with van der Waals surface area (Å²) in [5.41, 5.74) is 1.04. The maximum absolute atomic E-state index is 11.3. The molecule has 0 aromatic carbocycles. The second-order valence-electron chi connectivity index (χ2n) is 6.04. The van der Waals surface area contributed by atoms with Crippen LogP contribution >= 0.6 is 0 Å². The van der Waals surface area contributed by atoms with Crippen LogP contribution in [0.3, 0.4) is 0 Å². The highest BCUT2D eigenvalue weighted by Gasteiger charge is 2.36. The number of nitrogens with zero attached hydrogens (tertiary/aromatic N) is 4. The summed E-state index contributed by atoms with van der Waals surface area (Å²) in [4.78, 5) is 24.3. The molecule has 144 valence electrons. The SMILES string of the molecule is C.CCCOC1CC(C)OC1n1cnc2c(OC)nc(NC(C)=O)nc21. The van der Waals surface area contributed by atoms with Crippen molar-refractivity contribution in [2.75, 3.05) is 19.0 Å². The second kappa shape index (κ2) is 8.41. The fraction of sp³-hybridized carbons (Fsp3) is 0.647. The summed E-state index contributed by atoms with van der Waals surface area (Å²) < 4.78 is 19.1. The molecule has 1 aliphatic heterocycles. The lowest BCUT2D eigenvalue weighted by molar-refractivity contribution is -0.114. The van der Waals surface area contributed by atoms with Crippen LogP contribution in [0, 0.1) is 0 Å². The van der Waals surface area contributed by atoms with E-state index in [0.29, 0.717) is 23.7 Å². The monoisotopic (exact) mass is 365 g/mol. The molecule has 2 aromatic rings. The van der Waals surface area contributed by atoms with Crippen LogP contribution in [-0.4, -0.2) is 51.4 Å². The predicted molar refractivity (Wildman–Crippen MR) is 97.1 cm³/mol. The lowest BCUT2D eigenvalue weighted by atomic mass is 10.2. The highest BCUT2D eigenvalue weighted by Crippen LogP contribution is 2.34. The molecule has 0 radical (unpaired) electrons. The van der Waals surface area contributed by atoms with E-state index in [1.165, 1.54) is 14.0 Å². The molecular weight excluding hydrogens is 338 g/mol. The number of imidazole rings is 1. The van der Waals surface area contributed by atoms with Crippen LogP contribution in [0.5, 0.6) is 5.88 Å². The van der Waals surface area contributed by atoms with Gasteiger partial charge in [-0.15, -0.1) is 0 Å². The van der Waals surface area contributed by atoms with Crippen molar-refractivity contribution in [3.63, 3.8) is 0 Å². The highest BCUT2D eigenvalue weighted by atomic mass is 16.6. The molecule has 1 fully saturated rings. The van der Waals surface area contributed by atoms with Gasteiger partial charge in [0.05, 0.1) is 19.5 Å². The summed E-state index contributed by atoms with van der Waals surface area (Å²) in [6, 6.07) is 0. The molecule has 3 heterocycles. The number of methoxy groups -OCH3 is 1. The van der Waals surface area contributed by atoms with Crippen LogP contribution in [0.2, 0.25) is 0 Å². The number of amides is 1. The first kappa shape index (κ1) is 20.1. The number of ether oxygens (including phenoxy) is 3. The first-order valence-electron chi connectivity index (χ1n) is 8.36. The Morgan fingerprint density at radius 2 is 2.23 bits per heavy atom. The number of fused-ring (bicyclic) bond motifs is 1. The van der Waals surface area contributed by atoms with Crippen LogP contribution in [0.25, 0.3) is 11.2 Å². The van der Waals surface area contributed by atoms with Gasteiger partial charge in [0.2, 0.25) is 17.7 Å². The van der Waals surface area contributed by atoms with Crippen molar-refractivity contribution in [2.45, 2.75) is 59.5 Å². The van der Waals surface area contributed by atoms with Gasteiger partial charge in [0.15, 0.2) is 17.4 Å². The van der Waals surface area contributed by atoms with Gasteiger partial charge in [-0.3, -0.25) is 14.7 Å². The number of carbonyl (C=O) groups is 1. The Hall–Kier alpha value is -2.26. The first-order chi connectivity index (χ1) is 12.0. The number of nitrogens with one attached hydrogen (secondary N) is 1. The number of rotatable bonds is 6. The summed E-state index contributed by atoms with van der Waals surface area (Å²) in [5, 5.41) is 2.58. The quantitative estimate of drug-likeness (QED) is 0.839. The number of carbonyl (C=O) groups excluding carboxylic acids is 1. The van der Waals surface area contributed by atoms with Gasteiger partial charge in [-0.2, -0.15) is 9.97 Å². The van der Waals surface area contributed by atoms with Crippen molar-refractivity contribution in [3.8, 4) is 5.88 Å². The minimum absolute atomic E-state index is 0. The fourth-order valence-electron chi connectivity index (χ4n) is 2.92. The molecule has 1 aliphatic rings. The molecule has 3 rings (SSSR count). The zero-order valence-electron chi connectivity index (χ0n) is 14.9. The third-order valence-corrected chi connectivity index (χ3v) is 3.93. The number of anilines is 1. The van der Waals surface area contributed by atoms with E-state index >= 15 is 0 Å². The second-order valence-corrected chi connectivity index (χ2v) is 6.04. The average Bonchev–Trinajstić information content (AvgIpc) is 3.14. The van der Waals surface area contributed by atoms with Gasteiger partial charge in [0.1, 0.15) is 6.10 Å². The third-order valence-electron chi connectivity index (χ3n) is 3.93. The van der Waals surface area contributed by atoms with Gasteiger partial charge in [0.25, 0.3) is 0 Å². The Labute approximate surface area is 153 Å². The average molecular weight is 365 g/mol. The Morgan fingerprint density at radius 3 is 2.88 bits per heavy atom. The van der Waals surface area contributed by atoms with Gasteiger partial charge < -0.3 is 14.2 Å². The number of hydrogen-bond acceptors (Lipinski definition) is 7. The molecule has 3 unspecified atom stereocenters. The van der Waals surface area contributed by atoms with Crippen LogP contribution in [-0.2, 0) is 14.3 Å². The van der Waals surface area contributed by atoms with Crippen LogP contribution < -0.4 is 10.1 Å². The maximum Gasteiger partial charge on any atom is 0.246 e. The summed E-state index contributed by atoms with van der Waals surface area (Å²) >= 11 is 0. The van der Waals surface area contributed by atoms with Crippen molar-refractivity contribution >= 4 is 23.0 Å². The van der Waals surface area contributed by atoms with Gasteiger partial charge in [-0.25, -0.2) is 4.98 Å². The van der Waals surface area contributed by atoms with E-state index in [1.807, 2.05) is 11.5 Å². The molecule has 1 N–H and O–H groups in total. The standard InChI is InChI=1S/C16H23N5O4.CH4/c1-5-6-24-11-7-9(2)25-15(11)21-8-17-12-13(21)19-16(18-10(3)22)20-14(12)23-4;/h8-9,11,15H,5-7H2,1-4H3,(H,18,19,20,22);1H4. The minimum atomic E-state index is -0.337. The van der Waals surface area contributed by atoms with E-state index in [1.54, 1.807) is 6.33 Å². The lowest BCUT2D eigenvalue weighted by Gasteiger charge is -2.20. The Morgan fingerprint density at radius 1 is 1.46 bits per heavy atom. The number of aromatic nitrogens is 4. The molecule has 0 spiro atoms. The summed E-state index contributed by atoms with van der Waals surface area (Å²) in [5.74, 6) is 0.197. The normalized spacial score (nSPS) is 22.2. The summed E-state index contributed by atoms with van der Waals surface area (Å²) in [7, 11) is 1.50. The smallest absolute Gasteiger partial charge is 0.246 e. The topological polar surface area (TPSA) is 100 Å². The fourth-order valence-corrected chi connectivity index (χ4v) is 2.92. The van der Waals surface area contributed by atoms with E-state index in [9.17, 15) is 4.79 Å². The minimum Gasteiger partial charge on any atom is -0.479 e. The summed E-state index contributed by atoms with van der Waals surface area (Å²) in [6.45, 7) is 6.14. The molecule has 0 aliphatic carbocycles. The molecule has 1 amide bonds. The molecule has 2 aromatic heterocycles. The third kappa shape index (κ3) is 3.94. The zero-order chi connectivity index (χ0) is 18.0. The van der Waals surface area contributed by atoms with Crippen molar-refractivity contribution in [1.29, 1.82) is 0 Å². The van der Waals surface area contributed by atoms with E-state index in [2.05, 4.69) is 27.2 Å². The van der Waals surface area contributed by atoms with Crippen molar-refractivity contribution in [1.82, 2.24) is 19.5 Å². The Bertz CT molecular complexity index is 763. The van der Waals surface area contributed by atoms with E-state index in [4.69, 9.17) is 14.2 Å². The summed E-state index contributed by atoms with van der Waals surface area (Å²) in [6.07, 6.45) is 3.03. The molecule has 9 nitrogen and oxygen atoms in total. The maximum atomic E-state index is 11.3. The van der Waals surface area contributed by atoms with Crippen LogP contribution in [0.4, 0.5) is 5.95 Å². The molecule has 26 heavy (non-hydrogen) atoms. The predicted octanol–water partition coefficient (Wildman–Crippen LogP) is 2.53. The van der Waals surface area contributed by atoms with Crippen molar-refractivity contribution in [2.24, 2.45) is 0 Å². The van der Waals surface area contributed by atoms with Gasteiger partial charge in [-0.1, -0.05) is 14.4 Å². The number of hydrogen-bond donors (Lipinski definition) is 1. The molecule has 9 heteroatoms. The Kier molecular flexibility index (Phi) is 6.49. The molecule has 1 saturated heterocycles. The highest BCUT2D eigenvalue weighted by molar-refractivity contribution is 5.88. The van der Waals surface area contributed by atoms with Crippen LogP contribution in [0.1, 0.15) is 47.3 Å². The largest absolute Gasteiger partial charge is 0.479 e. The first-order valence-corrected chi connectivity index (χ1v) is 8.36. The Balaban J connectivity index is 0.00000243. The lowest BCUT2D eigenvalue weighted by Crippen LogP contribution is -2.23. The molecule has 3 atom stereocenters. The van der Waals surface area contributed by atoms with E-state index in [0.717, 1.165) is 12.8 Å². The van der Waals surface area contributed by atoms with Crippen molar-refractivity contribution < 1.29 is 19.0 Å². The molecule has 0 saturated carbocycles. The van der Waals surface area contributed by atoms with Crippen LogP contribution in [0.15, 0.2) is 6.33 Å².